The lowest BCUT2D eigenvalue weighted by molar-refractivity contribution is 0.0745. The number of hydrogen-bond acceptors (Lipinski definition) is 7. The molecule has 31 heavy (non-hydrogen) atoms. The third kappa shape index (κ3) is 4.75. The number of anilines is 1. The third-order valence-electron chi connectivity index (χ3n) is 5.17. The van der Waals surface area contributed by atoms with Gasteiger partial charge in [-0.25, -0.2) is 23.1 Å². The molecule has 0 unspecified atom stereocenters. The molecule has 0 atom stereocenters. The molecule has 0 radical (unpaired) electrons. The zero-order chi connectivity index (χ0) is 21.8. The number of aryl methyl sites for hydroxylation is 1. The molecule has 3 heterocycles. The molecule has 1 fully saturated rings. The summed E-state index contributed by atoms with van der Waals surface area (Å²) < 4.78 is 33.0. The molecular formula is C21H23N5O4S. The minimum absolute atomic E-state index is 0.0377. The molecule has 0 aliphatic carbocycles. The van der Waals surface area contributed by atoms with Gasteiger partial charge in [0.2, 0.25) is 16.0 Å². The largest absolute Gasteiger partial charge is 0.468 e. The first-order valence-electron chi connectivity index (χ1n) is 9.88. The molecule has 3 aromatic rings. The average Bonchev–Trinajstić information content (AvgIpc) is 3.32. The second-order valence-electron chi connectivity index (χ2n) is 7.21. The number of amides is 1. The minimum Gasteiger partial charge on any atom is -0.468 e. The molecule has 0 bridgehead atoms. The topological polar surface area (TPSA) is 109 Å². The Labute approximate surface area is 180 Å². The van der Waals surface area contributed by atoms with Crippen LogP contribution in [-0.4, -0.2) is 55.4 Å². The van der Waals surface area contributed by atoms with Crippen LogP contribution in [0.5, 0.6) is 0 Å². The summed E-state index contributed by atoms with van der Waals surface area (Å²) in [6.07, 6.45) is 4.86. The van der Waals surface area contributed by atoms with Gasteiger partial charge in [-0.1, -0.05) is 6.07 Å². The number of sulfonamides is 1. The van der Waals surface area contributed by atoms with Gasteiger partial charge in [-0.05, 0) is 42.8 Å². The van der Waals surface area contributed by atoms with Crippen LogP contribution >= 0.6 is 0 Å². The molecular weight excluding hydrogens is 418 g/mol. The number of carbonyl (C=O) groups is 1. The van der Waals surface area contributed by atoms with Crippen LogP contribution in [0.3, 0.4) is 0 Å². The van der Waals surface area contributed by atoms with E-state index in [1.165, 1.54) is 18.4 Å². The maximum atomic E-state index is 13.1. The molecule has 1 amide bonds. The lowest BCUT2D eigenvalue weighted by Gasteiger charge is -2.35. The van der Waals surface area contributed by atoms with Crippen molar-refractivity contribution in [2.75, 3.05) is 31.1 Å². The first-order chi connectivity index (χ1) is 14.9. The average molecular weight is 442 g/mol. The number of aromatic nitrogens is 2. The number of benzene rings is 1. The summed E-state index contributed by atoms with van der Waals surface area (Å²) in [4.78, 5) is 25.4. The van der Waals surface area contributed by atoms with Gasteiger partial charge < -0.3 is 14.2 Å². The summed E-state index contributed by atoms with van der Waals surface area (Å²) in [5.74, 6) is 0.961. The smallest absolute Gasteiger partial charge is 0.254 e. The molecule has 10 heteroatoms. The van der Waals surface area contributed by atoms with Gasteiger partial charge in [-0.15, -0.1) is 0 Å². The van der Waals surface area contributed by atoms with Crippen molar-refractivity contribution in [2.45, 2.75) is 18.4 Å². The monoisotopic (exact) mass is 441 g/mol. The Balaban J connectivity index is 1.46. The number of rotatable bonds is 6. The van der Waals surface area contributed by atoms with Crippen LogP contribution in [0.2, 0.25) is 0 Å². The Morgan fingerprint density at radius 1 is 1.10 bits per heavy atom. The second kappa shape index (κ2) is 8.86. The molecule has 1 aliphatic rings. The third-order valence-corrected chi connectivity index (χ3v) is 6.57. The molecule has 1 N–H and O–H groups in total. The highest BCUT2D eigenvalue weighted by atomic mass is 32.2. The summed E-state index contributed by atoms with van der Waals surface area (Å²) in [7, 11) is -3.79. The quantitative estimate of drug-likeness (QED) is 0.621. The summed E-state index contributed by atoms with van der Waals surface area (Å²) in [6, 6.07) is 9.73. The predicted octanol–water partition coefficient (Wildman–Crippen LogP) is 1.82. The molecule has 1 saturated heterocycles. The Morgan fingerprint density at radius 3 is 2.52 bits per heavy atom. The fourth-order valence-electron chi connectivity index (χ4n) is 3.40. The Hall–Kier alpha value is -3.24. The Morgan fingerprint density at radius 2 is 1.84 bits per heavy atom. The highest BCUT2D eigenvalue weighted by Gasteiger charge is 2.26. The van der Waals surface area contributed by atoms with E-state index >= 15 is 0 Å². The maximum Gasteiger partial charge on any atom is 0.254 e. The number of hydrogen-bond donors (Lipinski definition) is 1. The van der Waals surface area contributed by atoms with Gasteiger partial charge in [0.05, 0.1) is 17.7 Å². The van der Waals surface area contributed by atoms with Gasteiger partial charge in [-0.2, -0.15) is 0 Å². The van der Waals surface area contributed by atoms with E-state index in [1.54, 1.807) is 48.5 Å². The number of piperazine rings is 1. The van der Waals surface area contributed by atoms with E-state index in [0.717, 1.165) is 5.56 Å². The van der Waals surface area contributed by atoms with E-state index in [1.807, 2.05) is 4.90 Å². The number of nitrogens with zero attached hydrogens (tertiary/aromatic N) is 4. The summed E-state index contributed by atoms with van der Waals surface area (Å²) in [5.41, 5.74) is 1.11. The van der Waals surface area contributed by atoms with E-state index in [9.17, 15) is 13.2 Å². The number of furan rings is 1. The molecule has 1 aromatic carbocycles. The summed E-state index contributed by atoms with van der Waals surface area (Å²) >= 11 is 0. The predicted molar refractivity (Wildman–Crippen MR) is 114 cm³/mol. The summed E-state index contributed by atoms with van der Waals surface area (Å²) in [6.45, 7) is 4.06. The lowest BCUT2D eigenvalue weighted by atomic mass is 10.1. The van der Waals surface area contributed by atoms with E-state index < -0.39 is 10.0 Å². The van der Waals surface area contributed by atoms with Crippen molar-refractivity contribution in [3.05, 3.63) is 71.9 Å². The SMILES string of the molecule is Cc1ccc(S(=O)(=O)NCc2ccco2)cc1C(=O)N1CCN(c2ncccn2)CC1. The number of carbonyl (C=O) groups excluding carboxylic acids is 1. The van der Waals surface area contributed by atoms with Crippen LogP contribution in [0, 0.1) is 6.92 Å². The van der Waals surface area contributed by atoms with Gasteiger partial charge in [0.1, 0.15) is 5.76 Å². The second-order valence-corrected chi connectivity index (χ2v) is 8.98. The number of nitrogens with one attached hydrogen (secondary N) is 1. The van der Waals surface area contributed by atoms with E-state index in [2.05, 4.69) is 14.7 Å². The van der Waals surface area contributed by atoms with Crippen LogP contribution in [0.15, 0.2) is 64.4 Å². The van der Waals surface area contributed by atoms with Crippen molar-refractivity contribution in [3.63, 3.8) is 0 Å². The summed E-state index contributed by atoms with van der Waals surface area (Å²) in [5, 5.41) is 0. The molecule has 0 saturated carbocycles. The standard InChI is InChI=1S/C21H23N5O4S/c1-16-5-6-18(31(28,29)24-15-17-4-2-13-30-17)14-19(16)20(27)25-9-11-26(12-10-25)21-22-7-3-8-23-21/h2-8,13-14,24H,9-12,15H2,1H3. The van der Waals surface area contributed by atoms with Crippen LogP contribution in [0.1, 0.15) is 21.7 Å². The van der Waals surface area contributed by atoms with Gasteiger partial charge in [0.25, 0.3) is 5.91 Å². The van der Waals surface area contributed by atoms with Gasteiger partial charge >= 0.3 is 0 Å². The van der Waals surface area contributed by atoms with E-state index in [0.29, 0.717) is 43.5 Å². The fourth-order valence-corrected chi connectivity index (χ4v) is 4.41. The molecule has 1 aliphatic heterocycles. The maximum absolute atomic E-state index is 13.1. The van der Waals surface area contributed by atoms with Crippen molar-refractivity contribution in [1.82, 2.24) is 19.6 Å². The van der Waals surface area contributed by atoms with Gasteiger partial charge in [-0.3, -0.25) is 4.79 Å². The van der Waals surface area contributed by atoms with Crippen molar-refractivity contribution >= 4 is 21.9 Å². The van der Waals surface area contributed by atoms with Crippen LogP contribution < -0.4 is 9.62 Å². The zero-order valence-electron chi connectivity index (χ0n) is 17.1. The molecule has 2 aromatic heterocycles. The minimum atomic E-state index is -3.79. The molecule has 4 rings (SSSR count). The van der Waals surface area contributed by atoms with Crippen LogP contribution in [0.25, 0.3) is 0 Å². The fraction of sp³-hybridized carbons (Fsp3) is 0.286. The van der Waals surface area contributed by atoms with Crippen molar-refractivity contribution < 1.29 is 17.6 Å². The highest BCUT2D eigenvalue weighted by molar-refractivity contribution is 7.89. The first kappa shape index (κ1) is 21.0. The molecule has 9 nitrogen and oxygen atoms in total. The van der Waals surface area contributed by atoms with Crippen LogP contribution in [-0.2, 0) is 16.6 Å². The lowest BCUT2D eigenvalue weighted by Crippen LogP contribution is -2.49. The first-order valence-corrected chi connectivity index (χ1v) is 11.4. The van der Waals surface area contributed by atoms with Gasteiger partial charge in [0.15, 0.2) is 0 Å². The highest BCUT2D eigenvalue weighted by Crippen LogP contribution is 2.19. The Bertz CT molecular complexity index is 1140. The van der Waals surface area contributed by atoms with Crippen molar-refractivity contribution in [1.29, 1.82) is 0 Å². The van der Waals surface area contributed by atoms with E-state index in [-0.39, 0.29) is 17.3 Å². The molecule has 162 valence electrons. The van der Waals surface area contributed by atoms with Crippen LogP contribution in [0.4, 0.5) is 5.95 Å². The normalized spacial score (nSPS) is 14.6. The van der Waals surface area contributed by atoms with E-state index in [4.69, 9.17) is 4.42 Å². The van der Waals surface area contributed by atoms with Gasteiger partial charge in [0, 0.05) is 44.1 Å². The zero-order valence-corrected chi connectivity index (χ0v) is 17.9. The van der Waals surface area contributed by atoms with Crippen molar-refractivity contribution in [2.24, 2.45) is 0 Å². The van der Waals surface area contributed by atoms with Crippen molar-refractivity contribution in [3.8, 4) is 0 Å². The Kier molecular flexibility index (Phi) is 6.01. The molecule has 0 spiro atoms.